The number of likely N-dealkylation sites (tertiary alicyclic amines) is 1. The van der Waals surface area contributed by atoms with Crippen molar-refractivity contribution in [2.24, 2.45) is 0 Å². The minimum atomic E-state index is -0.0317. The molecular formula is C25H29N3O3. The lowest BCUT2D eigenvalue weighted by molar-refractivity contribution is -0.136. The number of nitrogens with zero attached hydrogens (tertiary/aromatic N) is 3. The number of hydrogen-bond donors (Lipinski definition) is 0. The lowest BCUT2D eigenvalue weighted by atomic mass is 10.0. The van der Waals surface area contributed by atoms with E-state index < -0.39 is 0 Å². The van der Waals surface area contributed by atoms with E-state index in [2.05, 4.69) is 13.0 Å². The Balaban J connectivity index is 1.53. The number of benzene rings is 2. The Kier molecular flexibility index (Phi) is 8.05. The van der Waals surface area contributed by atoms with E-state index in [0.717, 1.165) is 24.8 Å². The first-order valence-electron chi connectivity index (χ1n) is 10.8. The molecule has 6 nitrogen and oxygen atoms in total. The van der Waals surface area contributed by atoms with Crippen molar-refractivity contribution in [2.75, 3.05) is 26.2 Å². The standard InChI is InChI=1S/C25H29N3O3/c1-2-16-28(24(29)19-31-23-10-8-20(9-11-23)12-15-26)22-13-17-27(18-14-22)25(30)21-6-4-3-5-7-21/h3-11,22H,2,12-14,16-19H2,1H3. The van der Waals surface area contributed by atoms with Crippen molar-refractivity contribution < 1.29 is 14.3 Å². The average Bonchev–Trinajstić information content (AvgIpc) is 2.82. The summed E-state index contributed by atoms with van der Waals surface area (Å²) in [6.07, 6.45) is 2.77. The third-order valence-corrected chi connectivity index (χ3v) is 5.57. The fourth-order valence-electron chi connectivity index (χ4n) is 3.92. The summed E-state index contributed by atoms with van der Waals surface area (Å²) in [6.45, 7) is 4.02. The maximum absolute atomic E-state index is 12.9. The smallest absolute Gasteiger partial charge is 0.260 e. The molecule has 3 rings (SSSR count). The van der Waals surface area contributed by atoms with Gasteiger partial charge in [0.15, 0.2) is 6.61 Å². The van der Waals surface area contributed by atoms with Crippen molar-refractivity contribution in [3.8, 4) is 11.8 Å². The summed E-state index contributed by atoms with van der Waals surface area (Å²) in [7, 11) is 0. The monoisotopic (exact) mass is 419 g/mol. The zero-order valence-corrected chi connectivity index (χ0v) is 18.0. The normalized spacial score (nSPS) is 14.0. The molecule has 0 radical (unpaired) electrons. The van der Waals surface area contributed by atoms with Crippen molar-refractivity contribution in [2.45, 2.75) is 38.6 Å². The van der Waals surface area contributed by atoms with Gasteiger partial charge in [-0.1, -0.05) is 37.3 Å². The van der Waals surface area contributed by atoms with Crippen LogP contribution in [-0.2, 0) is 11.2 Å². The molecular weight excluding hydrogens is 390 g/mol. The number of piperidine rings is 1. The molecule has 0 aromatic heterocycles. The van der Waals surface area contributed by atoms with Gasteiger partial charge in [-0.3, -0.25) is 9.59 Å². The summed E-state index contributed by atoms with van der Waals surface area (Å²) < 4.78 is 5.70. The Morgan fingerprint density at radius 2 is 1.77 bits per heavy atom. The molecule has 1 aliphatic rings. The quantitative estimate of drug-likeness (QED) is 0.654. The van der Waals surface area contributed by atoms with Gasteiger partial charge in [-0.25, -0.2) is 0 Å². The van der Waals surface area contributed by atoms with Crippen molar-refractivity contribution >= 4 is 11.8 Å². The molecule has 0 unspecified atom stereocenters. The highest BCUT2D eigenvalue weighted by molar-refractivity contribution is 5.94. The van der Waals surface area contributed by atoms with Crippen LogP contribution in [0.2, 0.25) is 0 Å². The van der Waals surface area contributed by atoms with Gasteiger partial charge in [0, 0.05) is 31.2 Å². The zero-order chi connectivity index (χ0) is 22.1. The minimum Gasteiger partial charge on any atom is -0.484 e. The summed E-state index contributed by atoms with van der Waals surface area (Å²) >= 11 is 0. The maximum atomic E-state index is 12.9. The van der Waals surface area contributed by atoms with E-state index in [1.165, 1.54) is 0 Å². The Morgan fingerprint density at radius 3 is 2.39 bits per heavy atom. The number of carbonyl (C=O) groups excluding carboxylic acids is 2. The zero-order valence-electron chi connectivity index (χ0n) is 18.0. The second kappa shape index (κ2) is 11.2. The predicted octanol–water partition coefficient (Wildman–Crippen LogP) is 3.67. The Bertz CT molecular complexity index is 898. The van der Waals surface area contributed by atoms with Crippen molar-refractivity contribution in [3.05, 3.63) is 65.7 Å². The van der Waals surface area contributed by atoms with Gasteiger partial charge in [0.1, 0.15) is 5.75 Å². The van der Waals surface area contributed by atoms with E-state index in [9.17, 15) is 9.59 Å². The first-order chi connectivity index (χ1) is 15.1. The van der Waals surface area contributed by atoms with Crippen LogP contribution in [0.3, 0.4) is 0 Å². The minimum absolute atomic E-state index is 0.0131. The van der Waals surface area contributed by atoms with E-state index in [1.807, 2.05) is 52.3 Å². The van der Waals surface area contributed by atoms with Gasteiger partial charge in [-0.05, 0) is 49.1 Å². The van der Waals surface area contributed by atoms with Gasteiger partial charge in [0.05, 0.1) is 12.5 Å². The van der Waals surface area contributed by atoms with Gasteiger partial charge in [-0.2, -0.15) is 5.26 Å². The average molecular weight is 420 g/mol. The molecule has 6 heteroatoms. The lowest BCUT2D eigenvalue weighted by Crippen LogP contribution is -2.50. The van der Waals surface area contributed by atoms with Crippen LogP contribution >= 0.6 is 0 Å². The molecule has 0 atom stereocenters. The molecule has 1 heterocycles. The number of hydrogen-bond acceptors (Lipinski definition) is 4. The van der Waals surface area contributed by atoms with E-state index in [1.54, 1.807) is 12.1 Å². The van der Waals surface area contributed by atoms with E-state index in [0.29, 0.717) is 37.4 Å². The number of amides is 2. The maximum Gasteiger partial charge on any atom is 0.260 e. The van der Waals surface area contributed by atoms with Gasteiger partial charge in [0.2, 0.25) is 0 Å². The molecule has 2 aromatic carbocycles. The Hall–Kier alpha value is -3.33. The number of carbonyl (C=O) groups is 2. The summed E-state index contributed by atoms with van der Waals surface area (Å²) in [5, 5.41) is 8.75. The predicted molar refractivity (Wildman–Crippen MR) is 119 cm³/mol. The molecule has 31 heavy (non-hydrogen) atoms. The van der Waals surface area contributed by atoms with Gasteiger partial charge >= 0.3 is 0 Å². The summed E-state index contributed by atoms with van der Waals surface area (Å²) in [6, 6.07) is 18.8. The third-order valence-electron chi connectivity index (χ3n) is 5.57. The number of nitriles is 1. The third kappa shape index (κ3) is 6.08. The van der Waals surface area contributed by atoms with Crippen molar-refractivity contribution in [1.29, 1.82) is 5.26 Å². The largest absolute Gasteiger partial charge is 0.484 e. The van der Waals surface area contributed by atoms with Crippen LogP contribution in [0, 0.1) is 11.3 Å². The molecule has 0 bridgehead atoms. The Morgan fingerprint density at radius 1 is 1.10 bits per heavy atom. The first kappa shape index (κ1) is 22.4. The van der Waals surface area contributed by atoms with Crippen LogP contribution in [0.15, 0.2) is 54.6 Å². The van der Waals surface area contributed by atoms with Crippen LogP contribution in [0.5, 0.6) is 5.75 Å². The fourth-order valence-corrected chi connectivity index (χ4v) is 3.92. The van der Waals surface area contributed by atoms with Crippen molar-refractivity contribution in [1.82, 2.24) is 9.80 Å². The molecule has 0 spiro atoms. The molecule has 2 aromatic rings. The molecule has 1 aliphatic heterocycles. The molecule has 0 N–H and O–H groups in total. The SMILES string of the molecule is CCCN(C(=O)COc1ccc(CC#N)cc1)C1CCN(C(=O)c2ccccc2)CC1. The van der Waals surface area contributed by atoms with Gasteiger partial charge < -0.3 is 14.5 Å². The molecule has 1 fully saturated rings. The van der Waals surface area contributed by atoms with E-state index in [-0.39, 0.29) is 24.5 Å². The van der Waals surface area contributed by atoms with Crippen LogP contribution in [0.4, 0.5) is 0 Å². The highest BCUT2D eigenvalue weighted by Crippen LogP contribution is 2.20. The molecule has 1 saturated heterocycles. The number of rotatable bonds is 8. The summed E-state index contributed by atoms with van der Waals surface area (Å²) in [5.74, 6) is 0.640. The van der Waals surface area contributed by atoms with Crippen LogP contribution in [0.25, 0.3) is 0 Å². The van der Waals surface area contributed by atoms with Crippen molar-refractivity contribution in [3.63, 3.8) is 0 Å². The topological polar surface area (TPSA) is 73.6 Å². The van der Waals surface area contributed by atoms with Gasteiger partial charge in [0.25, 0.3) is 11.8 Å². The highest BCUT2D eigenvalue weighted by Gasteiger charge is 2.29. The van der Waals surface area contributed by atoms with E-state index >= 15 is 0 Å². The summed E-state index contributed by atoms with van der Waals surface area (Å²) in [4.78, 5) is 29.3. The number of ether oxygens (including phenoxy) is 1. The highest BCUT2D eigenvalue weighted by atomic mass is 16.5. The molecule has 0 aliphatic carbocycles. The summed E-state index contributed by atoms with van der Waals surface area (Å²) in [5.41, 5.74) is 1.63. The van der Waals surface area contributed by atoms with Crippen LogP contribution in [-0.4, -0.2) is 53.9 Å². The fraction of sp³-hybridized carbons (Fsp3) is 0.400. The first-order valence-corrected chi connectivity index (χ1v) is 10.8. The second-order valence-electron chi connectivity index (χ2n) is 7.74. The molecule has 0 saturated carbocycles. The van der Waals surface area contributed by atoms with Crippen LogP contribution < -0.4 is 4.74 Å². The van der Waals surface area contributed by atoms with Crippen LogP contribution in [0.1, 0.15) is 42.1 Å². The molecule has 162 valence electrons. The lowest BCUT2D eigenvalue weighted by Gasteiger charge is -2.38. The van der Waals surface area contributed by atoms with E-state index in [4.69, 9.17) is 10.00 Å². The van der Waals surface area contributed by atoms with Gasteiger partial charge in [-0.15, -0.1) is 0 Å². The molecule has 2 amide bonds. The second-order valence-corrected chi connectivity index (χ2v) is 7.74. The Labute approximate surface area is 184 Å².